The van der Waals surface area contributed by atoms with Crippen LogP contribution in [0.4, 0.5) is 0 Å². The molecule has 2 heterocycles. The lowest BCUT2D eigenvalue weighted by Crippen LogP contribution is -2.42. The van der Waals surface area contributed by atoms with Gasteiger partial charge in [-0.05, 0) is 44.9 Å². The van der Waals surface area contributed by atoms with Gasteiger partial charge in [0.05, 0.1) is 12.0 Å². The minimum Gasteiger partial charge on any atom is -0.340 e. The third kappa shape index (κ3) is 2.96. The van der Waals surface area contributed by atoms with Crippen molar-refractivity contribution in [2.75, 3.05) is 13.1 Å². The zero-order valence-corrected chi connectivity index (χ0v) is 15.0. The lowest BCUT2D eigenvalue weighted by molar-refractivity contribution is -0.135. The first kappa shape index (κ1) is 16.3. The molecule has 1 aromatic rings. The smallest absolute Gasteiger partial charge is 0.226 e. The highest BCUT2D eigenvalue weighted by Gasteiger charge is 2.61. The summed E-state index contributed by atoms with van der Waals surface area (Å²) in [6.45, 7) is 12.4. The molecule has 0 bridgehead atoms. The van der Waals surface area contributed by atoms with Crippen LogP contribution in [-0.4, -0.2) is 33.4 Å². The second kappa shape index (κ2) is 5.81. The molecule has 1 amide bonds. The van der Waals surface area contributed by atoms with Gasteiger partial charge in [0.15, 0.2) is 0 Å². The fourth-order valence-electron chi connectivity index (χ4n) is 4.17. The van der Waals surface area contributed by atoms with Crippen molar-refractivity contribution in [3.05, 3.63) is 29.9 Å². The molecule has 126 valence electrons. The van der Waals surface area contributed by atoms with E-state index in [2.05, 4.69) is 48.2 Å². The number of rotatable bonds is 3. The van der Waals surface area contributed by atoms with Gasteiger partial charge in [0.2, 0.25) is 5.91 Å². The van der Waals surface area contributed by atoms with E-state index >= 15 is 0 Å². The van der Waals surface area contributed by atoms with E-state index in [1.165, 1.54) is 5.57 Å². The number of aromatic nitrogens is 2. The summed E-state index contributed by atoms with van der Waals surface area (Å²) in [4.78, 5) is 19.5. The third-order valence-electron chi connectivity index (χ3n) is 5.65. The SMILES string of the molecule is CC(C)=C[C@@H]1[C@H](C(=O)N2CCC[C@@H](n3ccnc3C)C2)C1(C)C. The molecule has 0 spiro atoms. The predicted octanol–water partition coefficient (Wildman–Crippen LogP) is 3.59. The van der Waals surface area contributed by atoms with E-state index < -0.39 is 0 Å². The van der Waals surface area contributed by atoms with Crippen LogP contribution in [0.3, 0.4) is 0 Å². The fraction of sp³-hybridized carbons (Fsp3) is 0.684. The third-order valence-corrected chi connectivity index (χ3v) is 5.65. The Labute approximate surface area is 139 Å². The van der Waals surface area contributed by atoms with E-state index in [1.807, 2.05) is 19.3 Å². The van der Waals surface area contributed by atoms with Gasteiger partial charge in [-0.25, -0.2) is 4.98 Å². The first-order valence-electron chi connectivity index (χ1n) is 8.75. The monoisotopic (exact) mass is 315 g/mol. The van der Waals surface area contributed by atoms with Gasteiger partial charge in [0, 0.05) is 25.5 Å². The lowest BCUT2D eigenvalue weighted by Gasteiger charge is -2.34. The highest BCUT2D eigenvalue weighted by Crippen LogP contribution is 2.60. The number of imidazole rings is 1. The molecule has 0 unspecified atom stereocenters. The zero-order chi connectivity index (χ0) is 16.8. The van der Waals surface area contributed by atoms with Crippen LogP contribution in [0.2, 0.25) is 0 Å². The number of carbonyl (C=O) groups excluding carboxylic acids is 1. The van der Waals surface area contributed by atoms with Crippen molar-refractivity contribution in [2.24, 2.45) is 17.3 Å². The number of allylic oxidation sites excluding steroid dienone is 2. The van der Waals surface area contributed by atoms with Gasteiger partial charge >= 0.3 is 0 Å². The number of aryl methyl sites for hydroxylation is 1. The Bertz CT molecular complexity index is 624. The van der Waals surface area contributed by atoms with Crippen LogP contribution in [0, 0.1) is 24.2 Å². The molecule has 4 nitrogen and oxygen atoms in total. The van der Waals surface area contributed by atoms with Crippen LogP contribution < -0.4 is 0 Å². The van der Waals surface area contributed by atoms with Gasteiger partial charge < -0.3 is 9.47 Å². The lowest BCUT2D eigenvalue weighted by atomic mass is 10.0. The molecule has 2 aliphatic rings. The largest absolute Gasteiger partial charge is 0.340 e. The van der Waals surface area contributed by atoms with Crippen LogP contribution in [-0.2, 0) is 4.79 Å². The molecule has 0 aromatic carbocycles. The maximum atomic E-state index is 13.0. The summed E-state index contributed by atoms with van der Waals surface area (Å²) in [5, 5.41) is 0. The summed E-state index contributed by atoms with van der Waals surface area (Å²) >= 11 is 0. The van der Waals surface area contributed by atoms with Crippen molar-refractivity contribution in [2.45, 2.75) is 53.5 Å². The van der Waals surface area contributed by atoms with Gasteiger partial charge in [-0.1, -0.05) is 25.5 Å². The van der Waals surface area contributed by atoms with Crippen LogP contribution in [0.25, 0.3) is 0 Å². The Morgan fingerprint density at radius 3 is 2.74 bits per heavy atom. The minimum atomic E-state index is 0.103. The van der Waals surface area contributed by atoms with E-state index in [9.17, 15) is 4.79 Å². The number of carbonyl (C=O) groups is 1. The topological polar surface area (TPSA) is 38.1 Å². The second-order valence-corrected chi connectivity index (χ2v) is 8.03. The zero-order valence-electron chi connectivity index (χ0n) is 15.0. The van der Waals surface area contributed by atoms with Gasteiger partial charge in [-0.15, -0.1) is 0 Å². The molecule has 0 N–H and O–H groups in total. The quantitative estimate of drug-likeness (QED) is 0.799. The van der Waals surface area contributed by atoms with Gasteiger partial charge in [-0.2, -0.15) is 0 Å². The van der Waals surface area contributed by atoms with E-state index in [-0.39, 0.29) is 11.3 Å². The maximum absolute atomic E-state index is 13.0. The first-order valence-corrected chi connectivity index (χ1v) is 8.75. The Morgan fingerprint density at radius 2 is 2.13 bits per heavy atom. The molecule has 1 aliphatic carbocycles. The number of likely N-dealkylation sites (tertiary alicyclic amines) is 1. The summed E-state index contributed by atoms with van der Waals surface area (Å²) in [5.41, 5.74) is 1.41. The van der Waals surface area contributed by atoms with Crippen molar-refractivity contribution in [1.82, 2.24) is 14.5 Å². The fourth-order valence-corrected chi connectivity index (χ4v) is 4.17. The molecular formula is C19H29N3O. The summed E-state index contributed by atoms with van der Waals surface area (Å²) in [6.07, 6.45) is 8.39. The normalized spacial score (nSPS) is 29.3. The van der Waals surface area contributed by atoms with Gasteiger partial charge in [0.25, 0.3) is 0 Å². The Balaban J connectivity index is 1.71. The van der Waals surface area contributed by atoms with E-state index in [4.69, 9.17) is 0 Å². The van der Waals surface area contributed by atoms with Crippen molar-refractivity contribution in [1.29, 1.82) is 0 Å². The molecule has 2 fully saturated rings. The minimum absolute atomic E-state index is 0.103. The van der Waals surface area contributed by atoms with Gasteiger partial charge in [-0.3, -0.25) is 4.79 Å². The molecule has 1 saturated carbocycles. The maximum Gasteiger partial charge on any atom is 0.226 e. The number of nitrogens with zero attached hydrogens (tertiary/aromatic N) is 3. The second-order valence-electron chi connectivity index (χ2n) is 8.03. The molecule has 4 heteroatoms. The summed E-state index contributed by atoms with van der Waals surface area (Å²) < 4.78 is 2.23. The van der Waals surface area contributed by atoms with Crippen molar-refractivity contribution in [3.8, 4) is 0 Å². The Morgan fingerprint density at radius 1 is 1.39 bits per heavy atom. The van der Waals surface area contributed by atoms with Crippen LogP contribution in [0.15, 0.2) is 24.0 Å². The standard InChI is InChI=1S/C19H29N3O/c1-13(2)11-16-17(19(16,4)5)18(23)21-9-6-7-15(12-21)22-10-8-20-14(22)3/h8,10-11,15-17H,6-7,9,12H2,1-5H3/t15-,16-,17-/m1/s1. The molecule has 3 atom stereocenters. The molecule has 1 aliphatic heterocycles. The molecule has 1 saturated heterocycles. The number of amides is 1. The summed E-state index contributed by atoms with van der Waals surface area (Å²) in [5.74, 6) is 1.94. The summed E-state index contributed by atoms with van der Waals surface area (Å²) in [7, 11) is 0. The van der Waals surface area contributed by atoms with Crippen molar-refractivity contribution >= 4 is 5.91 Å². The van der Waals surface area contributed by atoms with Gasteiger partial charge in [0.1, 0.15) is 5.82 Å². The molecule has 23 heavy (non-hydrogen) atoms. The van der Waals surface area contributed by atoms with Crippen LogP contribution in [0.5, 0.6) is 0 Å². The van der Waals surface area contributed by atoms with Crippen LogP contribution in [0.1, 0.15) is 52.4 Å². The molecule has 3 rings (SSSR count). The van der Waals surface area contributed by atoms with Crippen molar-refractivity contribution < 1.29 is 4.79 Å². The summed E-state index contributed by atoms with van der Waals surface area (Å²) in [6, 6.07) is 0.374. The van der Waals surface area contributed by atoms with E-state index in [0.29, 0.717) is 17.9 Å². The average molecular weight is 315 g/mol. The van der Waals surface area contributed by atoms with E-state index in [1.54, 1.807) is 0 Å². The number of hydrogen-bond donors (Lipinski definition) is 0. The highest BCUT2D eigenvalue weighted by atomic mass is 16.2. The van der Waals surface area contributed by atoms with Crippen molar-refractivity contribution in [3.63, 3.8) is 0 Å². The van der Waals surface area contributed by atoms with E-state index in [0.717, 1.165) is 31.8 Å². The number of hydrogen-bond acceptors (Lipinski definition) is 2. The Hall–Kier alpha value is -1.58. The number of piperidine rings is 1. The molecule has 1 aromatic heterocycles. The van der Waals surface area contributed by atoms with Crippen LogP contribution >= 0.6 is 0 Å². The molecule has 0 radical (unpaired) electrons. The predicted molar refractivity (Wildman–Crippen MR) is 92.0 cm³/mol. The average Bonchev–Trinajstić information content (AvgIpc) is 2.83. The highest BCUT2D eigenvalue weighted by molar-refractivity contribution is 5.84. The Kier molecular flexibility index (Phi) is 4.11. The first-order chi connectivity index (χ1) is 10.8. The molecular weight excluding hydrogens is 286 g/mol.